The highest BCUT2D eigenvalue weighted by molar-refractivity contribution is 5.89. The first kappa shape index (κ1) is 18.8. The van der Waals surface area contributed by atoms with Crippen LogP contribution in [0, 0.1) is 11.3 Å². The van der Waals surface area contributed by atoms with Crippen molar-refractivity contribution in [3.05, 3.63) is 59.7 Å². The molecule has 27 heavy (non-hydrogen) atoms. The van der Waals surface area contributed by atoms with Crippen molar-refractivity contribution >= 4 is 11.7 Å². The number of carbonyl (C=O) groups excluding carboxylic acids is 1. The van der Waals surface area contributed by atoms with Gasteiger partial charge in [0.25, 0.3) is 0 Å². The largest absolute Gasteiger partial charge is 0.497 e. The quantitative estimate of drug-likeness (QED) is 0.819. The van der Waals surface area contributed by atoms with Crippen LogP contribution in [0.1, 0.15) is 43.2 Å². The molecule has 0 atom stereocenters. The Kier molecular flexibility index (Phi) is 6.32. The van der Waals surface area contributed by atoms with Crippen LogP contribution in [-0.4, -0.2) is 24.1 Å². The zero-order chi connectivity index (χ0) is 19.1. The van der Waals surface area contributed by atoms with Gasteiger partial charge in [0, 0.05) is 18.3 Å². The number of benzene rings is 2. The molecule has 1 fully saturated rings. The third kappa shape index (κ3) is 5.01. The molecule has 3 rings (SSSR count). The summed E-state index contributed by atoms with van der Waals surface area (Å²) in [4.78, 5) is 15.0. The monoisotopic (exact) mass is 363 g/mol. The Morgan fingerprint density at radius 1 is 1.11 bits per heavy atom. The standard InChI is InChI=1S/C22H25N3O2/c1-27-21-13-9-18(10-14-21)16-25(20-5-3-2-4-6-20)22(26)24-19-11-7-17(15-23)8-12-19/h7-14,20H,2-6,16H2,1H3,(H,24,26). The first-order valence-electron chi connectivity index (χ1n) is 9.40. The Hall–Kier alpha value is -3.00. The highest BCUT2D eigenvalue weighted by Gasteiger charge is 2.25. The molecule has 1 aliphatic rings. The molecular formula is C22H25N3O2. The smallest absolute Gasteiger partial charge is 0.322 e. The number of nitrogens with one attached hydrogen (secondary N) is 1. The molecule has 0 bridgehead atoms. The minimum Gasteiger partial charge on any atom is -0.497 e. The normalized spacial score (nSPS) is 14.2. The van der Waals surface area contributed by atoms with Crippen LogP contribution in [-0.2, 0) is 6.54 Å². The van der Waals surface area contributed by atoms with E-state index in [0.29, 0.717) is 17.8 Å². The summed E-state index contributed by atoms with van der Waals surface area (Å²) in [6.45, 7) is 0.566. The SMILES string of the molecule is COc1ccc(CN(C(=O)Nc2ccc(C#N)cc2)C2CCCCC2)cc1. The van der Waals surface area contributed by atoms with Gasteiger partial charge in [0.15, 0.2) is 0 Å². The van der Waals surface area contributed by atoms with E-state index in [1.54, 1.807) is 31.4 Å². The molecule has 0 heterocycles. The van der Waals surface area contributed by atoms with Gasteiger partial charge in [-0.3, -0.25) is 0 Å². The van der Waals surface area contributed by atoms with E-state index in [1.165, 1.54) is 6.42 Å². The molecule has 1 N–H and O–H groups in total. The van der Waals surface area contributed by atoms with Gasteiger partial charge in [-0.15, -0.1) is 0 Å². The van der Waals surface area contributed by atoms with Crippen molar-refractivity contribution in [1.82, 2.24) is 4.90 Å². The number of nitrogens with zero attached hydrogens (tertiary/aromatic N) is 2. The van der Waals surface area contributed by atoms with Crippen LogP contribution in [0.15, 0.2) is 48.5 Å². The van der Waals surface area contributed by atoms with E-state index >= 15 is 0 Å². The second kappa shape index (κ2) is 9.09. The Balaban J connectivity index is 1.75. The zero-order valence-corrected chi connectivity index (χ0v) is 15.6. The fourth-order valence-corrected chi connectivity index (χ4v) is 3.51. The Bertz CT molecular complexity index is 788. The predicted molar refractivity (Wildman–Crippen MR) is 106 cm³/mol. The molecule has 140 valence electrons. The van der Waals surface area contributed by atoms with Crippen LogP contribution in [0.2, 0.25) is 0 Å². The van der Waals surface area contributed by atoms with E-state index in [2.05, 4.69) is 11.4 Å². The van der Waals surface area contributed by atoms with Gasteiger partial charge >= 0.3 is 6.03 Å². The number of ether oxygens (including phenoxy) is 1. The summed E-state index contributed by atoms with van der Waals surface area (Å²) in [6, 6.07) is 17.1. The third-order valence-electron chi connectivity index (χ3n) is 5.05. The molecule has 1 saturated carbocycles. The van der Waals surface area contributed by atoms with Crippen molar-refractivity contribution in [2.75, 3.05) is 12.4 Å². The van der Waals surface area contributed by atoms with Gasteiger partial charge in [-0.25, -0.2) is 4.79 Å². The topological polar surface area (TPSA) is 65.4 Å². The molecule has 0 aliphatic heterocycles. The second-order valence-electron chi connectivity index (χ2n) is 6.89. The van der Waals surface area contributed by atoms with E-state index in [9.17, 15) is 4.79 Å². The molecular weight excluding hydrogens is 338 g/mol. The number of methoxy groups -OCH3 is 1. The molecule has 2 aromatic carbocycles. The van der Waals surface area contributed by atoms with Gasteiger partial charge in [0.1, 0.15) is 5.75 Å². The minimum absolute atomic E-state index is 0.0950. The van der Waals surface area contributed by atoms with Crippen molar-refractivity contribution in [2.45, 2.75) is 44.7 Å². The summed E-state index contributed by atoms with van der Waals surface area (Å²) in [5.74, 6) is 0.810. The van der Waals surface area contributed by atoms with Crippen molar-refractivity contribution in [2.24, 2.45) is 0 Å². The maximum absolute atomic E-state index is 13.0. The van der Waals surface area contributed by atoms with Crippen molar-refractivity contribution in [3.8, 4) is 11.8 Å². The van der Waals surface area contributed by atoms with Crippen LogP contribution in [0.3, 0.4) is 0 Å². The summed E-state index contributed by atoms with van der Waals surface area (Å²) in [7, 11) is 1.65. The summed E-state index contributed by atoms with van der Waals surface area (Å²) < 4.78 is 5.22. The summed E-state index contributed by atoms with van der Waals surface area (Å²) in [5, 5.41) is 11.9. The van der Waals surface area contributed by atoms with Gasteiger partial charge in [-0.05, 0) is 54.8 Å². The van der Waals surface area contributed by atoms with Gasteiger partial charge < -0.3 is 15.0 Å². The number of rotatable bonds is 5. The zero-order valence-electron chi connectivity index (χ0n) is 15.6. The average Bonchev–Trinajstić information content (AvgIpc) is 2.73. The van der Waals surface area contributed by atoms with E-state index in [0.717, 1.165) is 37.0 Å². The van der Waals surface area contributed by atoms with Crippen molar-refractivity contribution in [3.63, 3.8) is 0 Å². The van der Waals surface area contributed by atoms with Gasteiger partial charge in [0.05, 0.1) is 18.7 Å². The van der Waals surface area contributed by atoms with E-state index in [1.807, 2.05) is 29.2 Å². The van der Waals surface area contributed by atoms with Crippen LogP contribution >= 0.6 is 0 Å². The molecule has 0 saturated heterocycles. The van der Waals surface area contributed by atoms with Gasteiger partial charge in [-0.2, -0.15) is 5.26 Å². The lowest BCUT2D eigenvalue weighted by Crippen LogP contribution is -2.43. The number of carbonyl (C=O) groups is 1. The Morgan fingerprint density at radius 2 is 1.78 bits per heavy atom. The highest BCUT2D eigenvalue weighted by atomic mass is 16.5. The lowest BCUT2D eigenvalue weighted by molar-refractivity contribution is 0.163. The molecule has 1 aliphatic carbocycles. The maximum Gasteiger partial charge on any atom is 0.322 e. The molecule has 2 aromatic rings. The molecule has 0 radical (unpaired) electrons. The molecule has 0 spiro atoms. The van der Waals surface area contributed by atoms with Crippen LogP contribution in [0.4, 0.5) is 10.5 Å². The molecule has 5 heteroatoms. The first-order valence-corrected chi connectivity index (χ1v) is 9.40. The minimum atomic E-state index is -0.0950. The fourth-order valence-electron chi connectivity index (χ4n) is 3.51. The summed E-state index contributed by atoms with van der Waals surface area (Å²) in [6.07, 6.45) is 5.64. The average molecular weight is 363 g/mol. The highest BCUT2D eigenvalue weighted by Crippen LogP contribution is 2.25. The lowest BCUT2D eigenvalue weighted by Gasteiger charge is -2.34. The second-order valence-corrected chi connectivity index (χ2v) is 6.89. The lowest BCUT2D eigenvalue weighted by atomic mass is 9.94. The number of anilines is 1. The predicted octanol–water partition coefficient (Wildman–Crippen LogP) is 4.93. The van der Waals surface area contributed by atoms with Gasteiger partial charge in [-0.1, -0.05) is 31.4 Å². The van der Waals surface area contributed by atoms with Crippen molar-refractivity contribution in [1.29, 1.82) is 5.26 Å². The molecule has 0 unspecified atom stereocenters. The number of nitriles is 1. The Labute approximate surface area is 160 Å². The van der Waals surface area contributed by atoms with Crippen molar-refractivity contribution < 1.29 is 9.53 Å². The Morgan fingerprint density at radius 3 is 2.37 bits per heavy atom. The summed E-state index contributed by atoms with van der Waals surface area (Å²) in [5.41, 5.74) is 2.36. The number of hydrogen-bond donors (Lipinski definition) is 1. The molecule has 5 nitrogen and oxygen atoms in total. The first-order chi connectivity index (χ1) is 13.2. The number of hydrogen-bond acceptors (Lipinski definition) is 3. The van der Waals surface area contributed by atoms with Gasteiger partial charge in [0.2, 0.25) is 0 Å². The number of urea groups is 1. The number of amides is 2. The maximum atomic E-state index is 13.0. The molecule has 2 amide bonds. The third-order valence-corrected chi connectivity index (χ3v) is 5.05. The van der Waals surface area contributed by atoms with Crippen LogP contribution in [0.5, 0.6) is 5.75 Å². The van der Waals surface area contributed by atoms with Crippen LogP contribution in [0.25, 0.3) is 0 Å². The van der Waals surface area contributed by atoms with E-state index < -0.39 is 0 Å². The summed E-state index contributed by atoms with van der Waals surface area (Å²) >= 11 is 0. The van der Waals surface area contributed by atoms with E-state index in [4.69, 9.17) is 10.00 Å². The molecule has 0 aromatic heterocycles. The fraction of sp³-hybridized carbons (Fsp3) is 0.364. The van der Waals surface area contributed by atoms with Crippen LogP contribution < -0.4 is 10.1 Å². The van der Waals surface area contributed by atoms with E-state index in [-0.39, 0.29) is 12.1 Å².